The van der Waals surface area contributed by atoms with Gasteiger partial charge in [-0.2, -0.15) is 0 Å². The summed E-state index contributed by atoms with van der Waals surface area (Å²) in [5, 5.41) is 14.6. The average molecular weight is 252 g/mol. The Morgan fingerprint density at radius 1 is 1.24 bits per heavy atom. The average Bonchev–Trinajstić information content (AvgIpc) is 2.88. The van der Waals surface area contributed by atoms with Crippen LogP contribution in [0.3, 0.4) is 0 Å². The van der Waals surface area contributed by atoms with Gasteiger partial charge in [0, 0.05) is 17.5 Å². The number of rotatable bonds is 3. The molecule has 17 heavy (non-hydrogen) atoms. The van der Waals surface area contributed by atoms with Crippen LogP contribution in [-0.2, 0) is 19.4 Å². The number of thiazole rings is 1. The Bertz CT molecular complexity index is 369. The Labute approximate surface area is 106 Å². The van der Waals surface area contributed by atoms with E-state index >= 15 is 0 Å². The zero-order valence-corrected chi connectivity index (χ0v) is 10.9. The van der Waals surface area contributed by atoms with E-state index < -0.39 is 0 Å². The molecule has 2 aliphatic rings. The summed E-state index contributed by atoms with van der Waals surface area (Å²) in [7, 11) is 0. The molecule has 1 heterocycles. The first kappa shape index (κ1) is 11.6. The summed E-state index contributed by atoms with van der Waals surface area (Å²) in [4.78, 5) is 6.17. The fourth-order valence-corrected chi connectivity index (χ4v) is 3.99. The number of hydrogen-bond donors (Lipinski definition) is 2. The first-order chi connectivity index (χ1) is 8.33. The molecule has 1 fully saturated rings. The number of aryl methyl sites for hydroxylation is 2. The predicted molar refractivity (Wildman–Crippen MR) is 69.2 cm³/mol. The molecule has 0 amide bonds. The van der Waals surface area contributed by atoms with Crippen molar-refractivity contribution < 1.29 is 5.11 Å². The summed E-state index contributed by atoms with van der Waals surface area (Å²) < 4.78 is 0. The first-order valence-electron chi connectivity index (χ1n) is 6.72. The molecule has 1 saturated carbocycles. The van der Waals surface area contributed by atoms with Crippen molar-refractivity contribution in [1.29, 1.82) is 0 Å². The third kappa shape index (κ3) is 2.54. The van der Waals surface area contributed by atoms with Crippen molar-refractivity contribution in [2.75, 3.05) is 0 Å². The van der Waals surface area contributed by atoms with Gasteiger partial charge >= 0.3 is 0 Å². The normalized spacial score (nSPS) is 28.3. The quantitative estimate of drug-likeness (QED) is 0.865. The number of hydrogen-bond acceptors (Lipinski definition) is 4. The predicted octanol–water partition coefficient (Wildman–Crippen LogP) is 2.02. The topological polar surface area (TPSA) is 45.1 Å². The molecule has 3 nitrogen and oxygen atoms in total. The van der Waals surface area contributed by atoms with E-state index in [-0.39, 0.29) is 12.1 Å². The molecule has 3 rings (SSSR count). The van der Waals surface area contributed by atoms with Crippen LogP contribution in [0.25, 0.3) is 0 Å². The standard InChI is InChI=1S/C13H20N2OS/c16-11-6-2-1-4-9(11)14-8-13-15-10-5-3-7-12(10)17-13/h9,11,14,16H,1-8H2. The summed E-state index contributed by atoms with van der Waals surface area (Å²) in [5.74, 6) is 0. The number of aliphatic hydroxyl groups excluding tert-OH is 1. The molecule has 0 spiro atoms. The molecule has 0 aromatic carbocycles. The minimum absolute atomic E-state index is 0.157. The lowest BCUT2D eigenvalue weighted by Gasteiger charge is -2.28. The van der Waals surface area contributed by atoms with Crippen molar-refractivity contribution in [3.05, 3.63) is 15.6 Å². The van der Waals surface area contributed by atoms with Crippen LogP contribution < -0.4 is 5.32 Å². The van der Waals surface area contributed by atoms with Crippen LogP contribution in [0.2, 0.25) is 0 Å². The van der Waals surface area contributed by atoms with E-state index in [4.69, 9.17) is 0 Å². The van der Waals surface area contributed by atoms with Gasteiger partial charge in [-0.3, -0.25) is 0 Å². The summed E-state index contributed by atoms with van der Waals surface area (Å²) in [6.45, 7) is 0.833. The lowest BCUT2D eigenvalue weighted by molar-refractivity contribution is 0.0902. The molecule has 0 bridgehead atoms. The first-order valence-corrected chi connectivity index (χ1v) is 7.53. The fourth-order valence-electron chi connectivity index (χ4n) is 2.89. The van der Waals surface area contributed by atoms with Gasteiger partial charge in [0.15, 0.2) is 0 Å². The number of aromatic nitrogens is 1. The Morgan fingerprint density at radius 2 is 2.12 bits per heavy atom. The number of aliphatic hydroxyl groups is 1. The summed E-state index contributed by atoms with van der Waals surface area (Å²) >= 11 is 1.86. The minimum Gasteiger partial charge on any atom is -0.392 e. The maximum absolute atomic E-state index is 9.88. The highest BCUT2D eigenvalue weighted by Gasteiger charge is 2.23. The Hall–Kier alpha value is -0.450. The molecule has 2 N–H and O–H groups in total. The van der Waals surface area contributed by atoms with E-state index in [1.54, 1.807) is 0 Å². The van der Waals surface area contributed by atoms with Gasteiger partial charge in [-0.1, -0.05) is 12.8 Å². The summed E-state index contributed by atoms with van der Waals surface area (Å²) in [6, 6.07) is 0.280. The van der Waals surface area contributed by atoms with Gasteiger partial charge < -0.3 is 10.4 Å². The van der Waals surface area contributed by atoms with Crippen LogP contribution >= 0.6 is 11.3 Å². The summed E-state index contributed by atoms with van der Waals surface area (Å²) in [5.41, 5.74) is 1.33. The Balaban J connectivity index is 1.56. The molecular weight excluding hydrogens is 232 g/mol. The van der Waals surface area contributed by atoms with Crippen LogP contribution in [0.1, 0.15) is 47.7 Å². The van der Waals surface area contributed by atoms with Crippen LogP contribution in [0.15, 0.2) is 0 Å². The van der Waals surface area contributed by atoms with Crippen molar-refractivity contribution in [1.82, 2.24) is 10.3 Å². The van der Waals surface area contributed by atoms with Crippen molar-refractivity contribution >= 4 is 11.3 Å². The molecule has 4 heteroatoms. The third-order valence-corrected chi connectivity index (χ3v) is 5.04. The van der Waals surface area contributed by atoms with E-state index in [2.05, 4.69) is 10.3 Å². The van der Waals surface area contributed by atoms with Crippen LogP contribution in [-0.4, -0.2) is 22.2 Å². The van der Waals surface area contributed by atoms with Gasteiger partial charge in [0.2, 0.25) is 0 Å². The maximum atomic E-state index is 9.88. The van der Waals surface area contributed by atoms with Crippen molar-refractivity contribution in [2.24, 2.45) is 0 Å². The largest absolute Gasteiger partial charge is 0.392 e. The molecule has 1 aromatic rings. The molecule has 0 aliphatic heterocycles. The second-order valence-corrected chi connectivity index (χ2v) is 6.34. The number of nitrogens with one attached hydrogen (secondary N) is 1. The second kappa shape index (κ2) is 5.04. The monoisotopic (exact) mass is 252 g/mol. The van der Waals surface area contributed by atoms with E-state index in [1.165, 1.54) is 41.3 Å². The summed E-state index contributed by atoms with van der Waals surface area (Å²) in [6.07, 6.45) is 7.97. The SMILES string of the molecule is OC1CCCCC1NCc1nc2c(s1)CCC2. The van der Waals surface area contributed by atoms with Crippen molar-refractivity contribution in [3.63, 3.8) is 0 Å². The molecule has 94 valence electrons. The zero-order valence-electron chi connectivity index (χ0n) is 10.1. The van der Waals surface area contributed by atoms with E-state index in [1.807, 2.05) is 11.3 Å². The molecule has 2 unspecified atom stereocenters. The Kier molecular flexibility index (Phi) is 3.45. The van der Waals surface area contributed by atoms with E-state index in [0.717, 1.165) is 25.8 Å². The maximum Gasteiger partial charge on any atom is 0.107 e. The van der Waals surface area contributed by atoms with E-state index in [0.29, 0.717) is 0 Å². The van der Waals surface area contributed by atoms with Gasteiger partial charge in [-0.25, -0.2) is 4.98 Å². The molecule has 1 aromatic heterocycles. The molecule has 2 aliphatic carbocycles. The van der Waals surface area contributed by atoms with Gasteiger partial charge in [-0.15, -0.1) is 11.3 Å². The van der Waals surface area contributed by atoms with Gasteiger partial charge in [-0.05, 0) is 32.1 Å². The van der Waals surface area contributed by atoms with Gasteiger partial charge in [0.05, 0.1) is 11.8 Å². The van der Waals surface area contributed by atoms with Crippen LogP contribution in [0, 0.1) is 0 Å². The van der Waals surface area contributed by atoms with Crippen molar-refractivity contribution in [3.8, 4) is 0 Å². The zero-order chi connectivity index (χ0) is 11.7. The number of nitrogens with zero attached hydrogens (tertiary/aromatic N) is 1. The Morgan fingerprint density at radius 3 is 2.94 bits per heavy atom. The number of fused-ring (bicyclic) bond motifs is 1. The van der Waals surface area contributed by atoms with Crippen LogP contribution in [0.4, 0.5) is 0 Å². The van der Waals surface area contributed by atoms with Gasteiger partial charge in [0.25, 0.3) is 0 Å². The van der Waals surface area contributed by atoms with Gasteiger partial charge in [0.1, 0.15) is 5.01 Å². The smallest absolute Gasteiger partial charge is 0.107 e. The second-order valence-electron chi connectivity index (χ2n) is 5.17. The minimum atomic E-state index is -0.157. The lowest BCUT2D eigenvalue weighted by Crippen LogP contribution is -2.41. The lowest BCUT2D eigenvalue weighted by atomic mass is 9.93. The fraction of sp³-hybridized carbons (Fsp3) is 0.769. The third-order valence-electron chi connectivity index (χ3n) is 3.88. The van der Waals surface area contributed by atoms with E-state index in [9.17, 15) is 5.11 Å². The van der Waals surface area contributed by atoms with Crippen LogP contribution in [0.5, 0.6) is 0 Å². The highest BCUT2D eigenvalue weighted by atomic mass is 32.1. The molecule has 0 radical (unpaired) electrons. The molecule has 2 atom stereocenters. The molecular formula is C13H20N2OS. The molecule has 0 saturated heterocycles. The highest BCUT2D eigenvalue weighted by molar-refractivity contribution is 7.11. The van der Waals surface area contributed by atoms with Crippen molar-refractivity contribution in [2.45, 2.75) is 63.6 Å². The highest BCUT2D eigenvalue weighted by Crippen LogP contribution is 2.27.